The molecule has 1 aliphatic heterocycles. The van der Waals surface area contributed by atoms with Crippen LogP contribution in [0, 0.1) is 0 Å². The fourth-order valence-corrected chi connectivity index (χ4v) is 1.98. The summed E-state index contributed by atoms with van der Waals surface area (Å²) in [7, 11) is 0. The average molecular weight is 254 g/mol. The van der Waals surface area contributed by atoms with Gasteiger partial charge in [0.25, 0.3) is 0 Å². The molecule has 7 nitrogen and oxygen atoms in total. The van der Waals surface area contributed by atoms with Crippen molar-refractivity contribution in [2.45, 2.75) is 32.0 Å². The van der Waals surface area contributed by atoms with Gasteiger partial charge in [-0.2, -0.15) is 0 Å². The maximum absolute atomic E-state index is 12.1. The van der Waals surface area contributed by atoms with Crippen LogP contribution in [0.25, 0.3) is 0 Å². The molecular formula is C11H18N4O3. The Morgan fingerprint density at radius 1 is 1.61 bits per heavy atom. The fourth-order valence-electron chi connectivity index (χ4n) is 1.98. The number of hydrogen-bond acceptors (Lipinski definition) is 5. The van der Waals surface area contributed by atoms with Crippen molar-refractivity contribution in [3.05, 3.63) is 12.4 Å². The summed E-state index contributed by atoms with van der Waals surface area (Å²) in [6.45, 7) is 3.33. The van der Waals surface area contributed by atoms with Crippen LogP contribution >= 0.6 is 0 Å². The Labute approximate surface area is 105 Å². The van der Waals surface area contributed by atoms with Crippen molar-refractivity contribution >= 4 is 5.91 Å². The van der Waals surface area contributed by atoms with Crippen molar-refractivity contribution in [1.29, 1.82) is 0 Å². The van der Waals surface area contributed by atoms with E-state index in [1.165, 1.54) is 0 Å². The number of morpholine rings is 1. The maximum atomic E-state index is 12.1. The van der Waals surface area contributed by atoms with Gasteiger partial charge in [0.15, 0.2) is 0 Å². The molecule has 0 saturated carbocycles. The molecule has 0 aliphatic carbocycles. The Balaban J connectivity index is 1.86. The number of aromatic nitrogens is 3. The SMILES string of the molecule is CC1COC(CO)CN1C(=O)CCn1ccnn1. The highest BCUT2D eigenvalue weighted by atomic mass is 16.5. The smallest absolute Gasteiger partial charge is 0.224 e. The normalized spacial score (nSPS) is 24.2. The summed E-state index contributed by atoms with van der Waals surface area (Å²) in [4.78, 5) is 13.9. The standard InChI is InChI=1S/C11H18N4O3/c1-9-8-18-10(7-16)6-15(9)11(17)2-4-14-5-3-12-13-14/h3,5,9-10,16H,2,4,6-8H2,1H3. The molecule has 18 heavy (non-hydrogen) atoms. The van der Waals surface area contributed by atoms with E-state index in [1.54, 1.807) is 22.0 Å². The first-order valence-corrected chi connectivity index (χ1v) is 6.06. The minimum absolute atomic E-state index is 0.0519. The monoisotopic (exact) mass is 254 g/mol. The minimum Gasteiger partial charge on any atom is -0.394 e. The van der Waals surface area contributed by atoms with Crippen molar-refractivity contribution in [2.75, 3.05) is 19.8 Å². The Kier molecular flexibility index (Phi) is 4.27. The van der Waals surface area contributed by atoms with Gasteiger partial charge in [0.05, 0.1) is 38.1 Å². The summed E-state index contributed by atoms with van der Waals surface area (Å²) in [5.41, 5.74) is 0. The first kappa shape index (κ1) is 13.0. The molecule has 0 spiro atoms. The van der Waals surface area contributed by atoms with Gasteiger partial charge < -0.3 is 14.7 Å². The predicted octanol–water partition coefficient (Wildman–Crippen LogP) is -0.724. The van der Waals surface area contributed by atoms with E-state index in [0.29, 0.717) is 26.1 Å². The Bertz CT molecular complexity index is 382. The second-order valence-corrected chi connectivity index (χ2v) is 4.45. The van der Waals surface area contributed by atoms with Crippen LogP contribution in [0.3, 0.4) is 0 Å². The van der Waals surface area contributed by atoms with Crippen molar-refractivity contribution in [3.8, 4) is 0 Å². The molecule has 1 aromatic heterocycles. The second kappa shape index (κ2) is 5.92. The molecular weight excluding hydrogens is 236 g/mol. The zero-order valence-corrected chi connectivity index (χ0v) is 10.4. The van der Waals surface area contributed by atoms with E-state index in [4.69, 9.17) is 9.84 Å². The van der Waals surface area contributed by atoms with Crippen molar-refractivity contribution in [2.24, 2.45) is 0 Å². The van der Waals surface area contributed by atoms with E-state index in [0.717, 1.165) is 0 Å². The van der Waals surface area contributed by atoms with E-state index in [1.807, 2.05) is 6.92 Å². The first-order valence-electron chi connectivity index (χ1n) is 6.06. The molecule has 100 valence electrons. The van der Waals surface area contributed by atoms with Gasteiger partial charge in [0.1, 0.15) is 0 Å². The number of carbonyl (C=O) groups is 1. The van der Waals surface area contributed by atoms with Crippen LogP contribution in [-0.4, -0.2) is 62.8 Å². The number of ether oxygens (including phenoxy) is 1. The number of aliphatic hydroxyl groups excluding tert-OH is 1. The third kappa shape index (κ3) is 3.05. The van der Waals surface area contributed by atoms with Crippen LogP contribution in [0.5, 0.6) is 0 Å². The number of aryl methyl sites for hydroxylation is 1. The van der Waals surface area contributed by atoms with E-state index in [-0.39, 0.29) is 24.7 Å². The molecule has 1 fully saturated rings. The van der Waals surface area contributed by atoms with E-state index < -0.39 is 0 Å². The topological polar surface area (TPSA) is 80.5 Å². The lowest BCUT2D eigenvalue weighted by Crippen LogP contribution is -2.52. The average Bonchev–Trinajstić information content (AvgIpc) is 2.89. The fraction of sp³-hybridized carbons (Fsp3) is 0.727. The largest absolute Gasteiger partial charge is 0.394 e. The van der Waals surface area contributed by atoms with Gasteiger partial charge in [-0.25, -0.2) is 0 Å². The van der Waals surface area contributed by atoms with Gasteiger partial charge in [-0.15, -0.1) is 5.10 Å². The van der Waals surface area contributed by atoms with Gasteiger partial charge in [-0.1, -0.05) is 5.21 Å². The van der Waals surface area contributed by atoms with Gasteiger partial charge in [0.2, 0.25) is 5.91 Å². The number of carbonyl (C=O) groups excluding carboxylic acids is 1. The highest BCUT2D eigenvalue weighted by Gasteiger charge is 2.28. The number of hydrogen-bond donors (Lipinski definition) is 1. The summed E-state index contributed by atoms with van der Waals surface area (Å²) < 4.78 is 7.03. The van der Waals surface area contributed by atoms with Gasteiger partial charge in [-0.3, -0.25) is 9.48 Å². The lowest BCUT2D eigenvalue weighted by Gasteiger charge is -2.37. The highest BCUT2D eigenvalue weighted by molar-refractivity contribution is 5.76. The Morgan fingerprint density at radius 2 is 2.44 bits per heavy atom. The molecule has 2 rings (SSSR count). The molecule has 1 saturated heterocycles. The van der Waals surface area contributed by atoms with Crippen LogP contribution in [0.1, 0.15) is 13.3 Å². The number of nitrogens with zero attached hydrogens (tertiary/aromatic N) is 4. The summed E-state index contributed by atoms with van der Waals surface area (Å²) in [6.07, 6.45) is 3.43. The van der Waals surface area contributed by atoms with Crippen molar-refractivity contribution < 1.29 is 14.6 Å². The van der Waals surface area contributed by atoms with Crippen LogP contribution < -0.4 is 0 Å². The molecule has 1 aromatic rings. The quantitative estimate of drug-likeness (QED) is 0.766. The lowest BCUT2D eigenvalue weighted by atomic mass is 10.2. The molecule has 0 radical (unpaired) electrons. The van der Waals surface area contributed by atoms with Crippen LogP contribution in [0.2, 0.25) is 0 Å². The maximum Gasteiger partial charge on any atom is 0.224 e. The number of aliphatic hydroxyl groups is 1. The summed E-state index contributed by atoms with van der Waals surface area (Å²) in [6, 6.07) is 0.0519. The van der Waals surface area contributed by atoms with Gasteiger partial charge >= 0.3 is 0 Å². The van der Waals surface area contributed by atoms with Crippen LogP contribution in [0.4, 0.5) is 0 Å². The molecule has 2 heterocycles. The first-order chi connectivity index (χ1) is 8.70. The molecule has 2 unspecified atom stereocenters. The van der Waals surface area contributed by atoms with E-state index in [2.05, 4.69) is 10.3 Å². The molecule has 1 N–H and O–H groups in total. The molecule has 2 atom stereocenters. The zero-order valence-electron chi connectivity index (χ0n) is 10.4. The molecule has 1 amide bonds. The van der Waals surface area contributed by atoms with Gasteiger partial charge in [-0.05, 0) is 6.92 Å². The predicted molar refractivity (Wildman–Crippen MR) is 62.6 cm³/mol. The van der Waals surface area contributed by atoms with Crippen LogP contribution in [0.15, 0.2) is 12.4 Å². The second-order valence-electron chi connectivity index (χ2n) is 4.45. The summed E-state index contributed by atoms with van der Waals surface area (Å²) in [5.74, 6) is 0.0553. The Hall–Kier alpha value is -1.47. The minimum atomic E-state index is -0.267. The van der Waals surface area contributed by atoms with Crippen LogP contribution in [-0.2, 0) is 16.1 Å². The van der Waals surface area contributed by atoms with E-state index >= 15 is 0 Å². The van der Waals surface area contributed by atoms with Gasteiger partial charge in [0, 0.05) is 19.2 Å². The third-order valence-electron chi connectivity index (χ3n) is 3.06. The van der Waals surface area contributed by atoms with E-state index in [9.17, 15) is 4.79 Å². The van der Waals surface area contributed by atoms with Crippen molar-refractivity contribution in [1.82, 2.24) is 19.9 Å². The van der Waals surface area contributed by atoms with Crippen molar-refractivity contribution in [3.63, 3.8) is 0 Å². The molecule has 1 aliphatic rings. The molecule has 0 aromatic carbocycles. The number of rotatable bonds is 4. The Morgan fingerprint density at radius 3 is 3.11 bits per heavy atom. The summed E-state index contributed by atoms with van der Waals surface area (Å²) in [5, 5.41) is 16.6. The highest BCUT2D eigenvalue weighted by Crippen LogP contribution is 2.13. The summed E-state index contributed by atoms with van der Waals surface area (Å²) >= 11 is 0. The molecule has 7 heteroatoms. The zero-order chi connectivity index (χ0) is 13.0. The molecule has 0 bridgehead atoms. The third-order valence-corrected chi connectivity index (χ3v) is 3.06. The lowest BCUT2D eigenvalue weighted by molar-refractivity contribution is -0.146. The number of amides is 1.